The van der Waals surface area contributed by atoms with E-state index in [9.17, 15) is 0 Å². The molecule has 0 bridgehead atoms. The Bertz CT molecular complexity index is 706. The summed E-state index contributed by atoms with van der Waals surface area (Å²) >= 11 is 0. The number of benzene rings is 1. The molecule has 0 aliphatic heterocycles. The molecule has 1 aromatic carbocycles. The minimum atomic E-state index is 0.479. The van der Waals surface area contributed by atoms with E-state index in [2.05, 4.69) is 20.6 Å². The number of methoxy groups -OCH3 is 2. The highest BCUT2D eigenvalue weighted by atomic mass is 16.5. The molecule has 7 heteroatoms. The average Bonchev–Trinajstić information content (AvgIpc) is 2.95. The number of guanidine groups is 1. The van der Waals surface area contributed by atoms with Crippen LogP contribution in [0.3, 0.4) is 0 Å². The summed E-state index contributed by atoms with van der Waals surface area (Å²) in [6.07, 6.45) is 0. The third kappa shape index (κ3) is 5.14. The number of aryl methyl sites for hydroxylation is 2. The normalized spacial score (nSPS) is 11.3. The van der Waals surface area contributed by atoms with Crippen LogP contribution >= 0.6 is 0 Å². The Morgan fingerprint density at radius 1 is 1.16 bits per heavy atom. The molecule has 2 N–H and O–H groups in total. The number of aromatic nitrogens is 1. The zero-order valence-electron chi connectivity index (χ0n) is 15.5. The third-order valence-electron chi connectivity index (χ3n) is 3.69. The fraction of sp³-hybridized carbons (Fsp3) is 0.444. The lowest BCUT2D eigenvalue weighted by Gasteiger charge is -2.11. The van der Waals surface area contributed by atoms with Crippen LogP contribution in [0.4, 0.5) is 0 Å². The molecular weight excluding hydrogens is 320 g/mol. The molecule has 0 amide bonds. The predicted molar refractivity (Wildman–Crippen MR) is 97.2 cm³/mol. The monoisotopic (exact) mass is 346 g/mol. The summed E-state index contributed by atoms with van der Waals surface area (Å²) in [4.78, 5) is 8.95. The Morgan fingerprint density at radius 2 is 1.92 bits per heavy atom. The van der Waals surface area contributed by atoms with Crippen molar-refractivity contribution in [3.05, 3.63) is 41.1 Å². The van der Waals surface area contributed by atoms with Gasteiger partial charge in [-0.1, -0.05) is 6.07 Å². The van der Waals surface area contributed by atoms with Crippen LogP contribution in [0.1, 0.15) is 29.8 Å². The number of oxazole rings is 1. The number of nitrogens with one attached hydrogen (secondary N) is 2. The average molecular weight is 346 g/mol. The van der Waals surface area contributed by atoms with Crippen molar-refractivity contribution in [2.24, 2.45) is 4.99 Å². The molecule has 25 heavy (non-hydrogen) atoms. The second kappa shape index (κ2) is 8.96. The van der Waals surface area contributed by atoms with Crippen molar-refractivity contribution >= 4 is 5.96 Å². The van der Waals surface area contributed by atoms with E-state index < -0.39 is 0 Å². The highest BCUT2D eigenvalue weighted by molar-refractivity contribution is 5.79. The number of nitrogens with zero attached hydrogens (tertiary/aromatic N) is 2. The summed E-state index contributed by atoms with van der Waals surface area (Å²) in [5.74, 6) is 3.58. The maximum Gasteiger partial charge on any atom is 0.214 e. The molecule has 0 unspecified atom stereocenters. The summed E-state index contributed by atoms with van der Waals surface area (Å²) in [7, 11) is 3.24. The smallest absolute Gasteiger partial charge is 0.214 e. The van der Waals surface area contributed by atoms with Gasteiger partial charge >= 0.3 is 0 Å². The second-order valence-corrected chi connectivity index (χ2v) is 5.49. The SMILES string of the molecule is CCNC(=NCc1ccc(OC)c(OC)c1)NCc1nc(C)c(C)o1. The van der Waals surface area contributed by atoms with E-state index in [1.54, 1.807) is 14.2 Å². The van der Waals surface area contributed by atoms with Crippen LogP contribution in [-0.2, 0) is 13.1 Å². The Kier molecular flexibility index (Phi) is 6.68. The second-order valence-electron chi connectivity index (χ2n) is 5.49. The van der Waals surface area contributed by atoms with Gasteiger partial charge in [0.25, 0.3) is 0 Å². The van der Waals surface area contributed by atoms with Gasteiger partial charge in [-0.2, -0.15) is 0 Å². The standard InChI is InChI=1S/C18H26N4O3/c1-6-19-18(21-11-17-22-12(2)13(3)25-17)20-10-14-7-8-15(23-4)16(9-14)24-5/h7-9H,6,10-11H2,1-5H3,(H2,19,20,21). The highest BCUT2D eigenvalue weighted by Gasteiger charge is 2.07. The Balaban J connectivity index is 2.03. The number of ether oxygens (including phenoxy) is 2. The van der Waals surface area contributed by atoms with E-state index in [1.807, 2.05) is 39.0 Å². The lowest BCUT2D eigenvalue weighted by atomic mass is 10.2. The molecular formula is C18H26N4O3. The van der Waals surface area contributed by atoms with E-state index in [0.717, 1.165) is 23.6 Å². The lowest BCUT2D eigenvalue weighted by Crippen LogP contribution is -2.36. The number of rotatable bonds is 7. The molecule has 136 valence electrons. The Labute approximate surface area is 148 Å². The van der Waals surface area contributed by atoms with E-state index in [4.69, 9.17) is 13.9 Å². The topological polar surface area (TPSA) is 80.9 Å². The number of aliphatic imine (C=N–C) groups is 1. The molecule has 0 atom stereocenters. The van der Waals surface area contributed by atoms with Crippen molar-refractivity contribution in [2.45, 2.75) is 33.9 Å². The van der Waals surface area contributed by atoms with Gasteiger partial charge in [0.2, 0.25) is 5.89 Å². The molecule has 1 aromatic heterocycles. The molecule has 7 nitrogen and oxygen atoms in total. The first-order valence-corrected chi connectivity index (χ1v) is 8.23. The largest absolute Gasteiger partial charge is 0.493 e. The van der Waals surface area contributed by atoms with Crippen LogP contribution in [0, 0.1) is 13.8 Å². The van der Waals surface area contributed by atoms with Crippen molar-refractivity contribution in [2.75, 3.05) is 20.8 Å². The van der Waals surface area contributed by atoms with Crippen molar-refractivity contribution in [3.8, 4) is 11.5 Å². The van der Waals surface area contributed by atoms with E-state index in [1.165, 1.54) is 0 Å². The first-order valence-electron chi connectivity index (χ1n) is 8.23. The van der Waals surface area contributed by atoms with Gasteiger partial charge in [0.15, 0.2) is 17.5 Å². The molecule has 0 radical (unpaired) electrons. The van der Waals surface area contributed by atoms with E-state index in [0.29, 0.717) is 36.4 Å². The fourth-order valence-corrected chi connectivity index (χ4v) is 2.27. The van der Waals surface area contributed by atoms with Gasteiger partial charge in [0.1, 0.15) is 5.76 Å². The molecule has 0 aliphatic rings. The summed E-state index contributed by atoms with van der Waals surface area (Å²) in [6, 6.07) is 5.77. The lowest BCUT2D eigenvalue weighted by molar-refractivity contribution is 0.354. The van der Waals surface area contributed by atoms with Crippen molar-refractivity contribution in [1.82, 2.24) is 15.6 Å². The van der Waals surface area contributed by atoms with Crippen LogP contribution in [0.5, 0.6) is 11.5 Å². The van der Waals surface area contributed by atoms with Crippen LogP contribution in [-0.4, -0.2) is 31.7 Å². The summed E-state index contributed by atoms with van der Waals surface area (Å²) in [5, 5.41) is 6.43. The molecule has 0 saturated carbocycles. The summed E-state index contributed by atoms with van der Waals surface area (Å²) in [5.41, 5.74) is 1.93. The van der Waals surface area contributed by atoms with Gasteiger partial charge in [0, 0.05) is 6.54 Å². The third-order valence-corrected chi connectivity index (χ3v) is 3.69. The van der Waals surface area contributed by atoms with Gasteiger partial charge < -0.3 is 24.5 Å². The molecule has 2 rings (SSSR count). The van der Waals surface area contributed by atoms with Crippen molar-refractivity contribution in [3.63, 3.8) is 0 Å². The molecule has 0 fully saturated rings. The molecule has 0 saturated heterocycles. The number of hydrogen-bond donors (Lipinski definition) is 2. The predicted octanol–water partition coefficient (Wildman–Crippen LogP) is 2.56. The van der Waals surface area contributed by atoms with Gasteiger partial charge in [0.05, 0.1) is 33.0 Å². The van der Waals surface area contributed by atoms with E-state index >= 15 is 0 Å². The summed E-state index contributed by atoms with van der Waals surface area (Å²) < 4.78 is 16.2. The first-order chi connectivity index (χ1) is 12.1. The Morgan fingerprint density at radius 3 is 2.52 bits per heavy atom. The summed E-state index contributed by atoms with van der Waals surface area (Å²) in [6.45, 7) is 7.61. The Hall–Kier alpha value is -2.70. The molecule has 0 aliphatic carbocycles. The molecule has 0 spiro atoms. The van der Waals surface area contributed by atoms with Gasteiger partial charge in [-0.15, -0.1) is 0 Å². The van der Waals surface area contributed by atoms with Gasteiger partial charge in [-0.25, -0.2) is 9.98 Å². The first kappa shape index (κ1) is 18.6. The minimum absolute atomic E-state index is 0.479. The minimum Gasteiger partial charge on any atom is -0.493 e. The molecule has 2 aromatic rings. The van der Waals surface area contributed by atoms with Crippen molar-refractivity contribution < 1.29 is 13.9 Å². The van der Waals surface area contributed by atoms with Gasteiger partial charge in [-0.3, -0.25) is 0 Å². The van der Waals surface area contributed by atoms with Crippen LogP contribution in [0.15, 0.2) is 27.6 Å². The zero-order valence-corrected chi connectivity index (χ0v) is 15.5. The molecule has 1 heterocycles. The van der Waals surface area contributed by atoms with Crippen molar-refractivity contribution in [1.29, 1.82) is 0 Å². The maximum absolute atomic E-state index is 5.57. The van der Waals surface area contributed by atoms with Crippen LogP contribution in [0.25, 0.3) is 0 Å². The maximum atomic E-state index is 5.57. The van der Waals surface area contributed by atoms with Crippen LogP contribution in [0.2, 0.25) is 0 Å². The fourth-order valence-electron chi connectivity index (χ4n) is 2.27. The zero-order chi connectivity index (χ0) is 18.2. The van der Waals surface area contributed by atoms with Gasteiger partial charge in [-0.05, 0) is 38.5 Å². The quantitative estimate of drug-likeness (QED) is 0.592. The van der Waals surface area contributed by atoms with E-state index in [-0.39, 0.29) is 0 Å². The number of hydrogen-bond acceptors (Lipinski definition) is 5. The van der Waals surface area contributed by atoms with Crippen LogP contribution < -0.4 is 20.1 Å². The highest BCUT2D eigenvalue weighted by Crippen LogP contribution is 2.27.